The number of rotatable bonds is 5. The van der Waals surface area contributed by atoms with Gasteiger partial charge in [0.1, 0.15) is 0 Å². The van der Waals surface area contributed by atoms with Crippen molar-refractivity contribution in [2.45, 2.75) is 64.0 Å². The van der Waals surface area contributed by atoms with Crippen molar-refractivity contribution in [2.75, 3.05) is 11.9 Å². The lowest BCUT2D eigenvalue weighted by atomic mass is 10.0. The second-order valence-corrected chi connectivity index (χ2v) is 6.34. The van der Waals surface area contributed by atoms with Crippen LogP contribution in [0.2, 0.25) is 0 Å². The second kappa shape index (κ2) is 7.07. The summed E-state index contributed by atoms with van der Waals surface area (Å²) in [6.07, 6.45) is 13.0. The molecule has 1 N–H and O–H groups in total. The lowest BCUT2D eigenvalue weighted by Crippen LogP contribution is -2.24. The van der Waals surface area contributed by atoms with E-state index in [2.05, 4.69) is 10.4 Å². The predicted octanol–water partition coefficient (Wildman–Crippen LogP) is 2.97. The van der Waals surface area contributed by atoms with Gasteiger partial charge in [0.2, 0.25) is 5.91 Å². The lowest BCUT2D eigenvalue weighted by molar-refractivity contribution is -0.117. The van der Waals surface area contributed by atoms with Crippen LogP contribution in [0, 0.1) is 5.92 Å². The number of aromatic nitrogens is 2. The van der Waals surface area contributed by atoms with E-state index in [0.29, 0.717) is 12.3 Å². The van der Waals surface area contributed by atoms with Crippen LogP contribution in [0.5, 0.6) is 0 Å². The van der Waals surface area contributed by atoms with Gasteiger partial charge >= 0.3 is 0 Å². The fourth-order valence-electron chi connectivity index (χ4n) is 3.38. The molecule has 3 rings (SSSR count). The molecule has 5 heteroatoms. The molecule has 2 heterocycles. The number of nitrogens with one attached hydrogen (secondary N) is 1. The maximum absolute atomic E-state index is 12.0. The summed E-state index contributed by atoms with van der Waals surface area (Å²) < 4.78 is 7.59. The molecule has 5 nitrogen and oxygen atoms in total. The average Bonchev–Trinajstić information content (AvgIpc) is 3.12. The molecule has 1 saturated carbocycles. The van der Waals surface area contributed by atoms with Crippen LogP contribution in [0.25, 0.3) is 0 Å². The summed E-state index contributed by atoms with van der Waals surface area (Å²) in [6, 6.07) is 0. The molecule has 0 aromatic carbocycles. The number of amides is 1. The van der Waals surface area contributed by atoms with Gasteiger partial charge < -0.3 is 10.1 Å². The molecule has 116 valence electrons. The zero-order chi connectivity index (χ0) is 14.5. The fraction of sp³-hybridized carbons (Fsp3) is 0.750. The standard InChI is InChI=1S/C16H25N3O2/c20-16(9-13-5-1-2-6-13)18-14-10-17-19(11-14)12-15-7-3-4-8-21-15/h10-11,13,15H,1-9,12H2,(H,18,20)/t15-/m0/s1. The van der Waals surface area contributed by atoms with Crippen LogP contribution in [-0.2, 0) is 16.1 Å². The van der Waals surface area contributed by atoms with Crippen LogP contribution in [0.4, 0.5) is 5.69 Å². The maximum atomic E-state index is 12.0. The number of nitrogens with zero attached hydrogens (tertiary/aromatic N) is 2. The monoisotopic (exact) mass is 291 g/mol. The van der Waals surface area contributed by atoms with Gasteiger partial charge in [-0.3, -0.25) is 9.48 Å². The molecule has 1 aliphatic heterocycles. The van der Waals surface area contributed by atoms with E-state index in [4.69, 9.17) is 4.74 Å². The summed E-state index contributed by atoms with van der Waals surface area (Å²) in [7, 11) is 0. The summed E-state index contributed by atoms with van der Waals surface area (Å²) in [6.45, 7) is 1.63. The van der Waals surface area contributed by atoms with Gasteiger partial charge in [-0.05, 0) is 38.0 Å². The lowest BCUT2D eigenvalue weighted by Gasteiger charge is -2.22. The molecule has 0 bridgehead atoms. The van der Waals surface area contributed by atoms with Gasteiger partial charge in [0, 0.05) is 19.2 Å². The van der Waals surface area contributed by atoms with Gasteiger partial charge in [0.15, 0.2) is 0 Å². The van der Waals surface area contributed by atoms with Crippen molar-refractivity contribution in [1.29, 1.82) is 0 Å². The molecule has 1 amide bonds. The number of hydrogen-bond acceptors (Lipinski definition) is 3. The Morgan fingerprint density at radius 3 is 2.86 bits per heavy atom. The van der Waals surface area contributed by atoms with E-state index in [-0.39, 0.29) is 12.0 Å². The Balaban J connectivity index is 1.46. The maximum Gasteiger partial charge on any atom is 0.224 e. The van der Waals surface area contributed by atoms with Crippen molar-refractivity contribution in [3.8, 4) is 0 Å². The van der Waals surface area contributed by atoms with E-state index < -0.39 is 0 Å². The first-order valence-corrected chi connectivity index (χ1v) is 8.23. The van der Waals surface area contributed by atoms with Crippen molar-refractivity contribution >= 4 is 11.6 Å². The number of carbonyl (C=O) groups is 1. The van der Waals surface area contributed by atoms with E-state index in [9.17, 15) is 4.79 Å². The SMILES string of the molecule is O=C(CC1CCCC1)Nc1cnn(C[C@@H]2CCCCO2)c1. The largest absolute Gasteiger partial charge is 0.376 e. The minimum absolute atomic E-state index is 0.121. The van der Waals surface area contributed by atoms with E-state index in [1.165, 1.54) is 32.1 Å². The summed E-state index contributed by atoms with van der Waals surface area (Å²) in [5.41, 5.74) is 0.800. The number of carbonyl (C=O) groups excluding carboxylic acids is 1. The van der Waals surface area contributed by atoms with E-state index >= 15 is 0 Å². The molecular formula is C16H25N3O2. The van der Waals surface area contributed by atoms with Crippen molar-refractivity contribution in [2.24, 2.45) is 5.92 Å². The summed E-state index contributed by atoms with van der Waals surface area (Å²) in [5.74, 6) is 0.700. The number of hydrogen-bond donors (Lipinski definition) is 1. The van der Waals surface area contributed by atoms with Crippen LogP contribution in [-0.4, -0.2) is 28.4 Å². The van der Waals surface area contributed by atoms with Crippen LogP contribution >= 0.6 is 0 Å². The Labute approximate surface area is 126 Å². The molecule has 2 aliphatic rings. The highest BCUT2D eigenvalue weighted by Crippen LogP contribution is 2.27. The number of anilines is 1. The first-order chi connectivity index (χ1) is 10.3. The smallest absolute Gasteiger partial charge is 0.224 e. The van der Waals surface area contributed by atoms with Crippen LogP contribution in [0.3, 0.4) is 0 Å². The second-order valence-electron chi connectivity index (χ2n) is 6.34. The zero-order valence-corrected chi connectivity index (χ0v) is 12.6. The first-order valence-electron chi connectivity index (χ1n) is 8.23. The van der Waals surface area contributed by atoms with Crippen molar-refractivity contribution in [3.05, 3.63) is 12.4 Å². The minimum atomic E-state index is 0.121. The Hall–Kier alpha value is -1.36. The van der Waals surface area contributed by atoms with Crippen LogP contribution < -0.4 is 5.32 Å². The van der Waals surface area contributed by atoms with Crippen molar-refractivity contribution in [1.82, 2.24) is 9.78 Å². The Kier molecular flexibility index (Phi) is 4.91. The Bertz CT molecular complexity index is 460. The van der Waals surface area contributed by atoms with Gasteiger partial charge in [-0.1, -0.05) is 12.8 Å². The quantitative estimate of drug-likeness (QED) is 0.907. The third-order valence-electron chi connectivity index (χ3n) is 4.53. The van der Waals surface area contributed by atoms with Crippen LogP contribution in [0.1, 0.15) is 51.4 Å². The van der Waals surface area contributed by atoms with Crippen molar-refractivity contribution < 1.29 is 9.53 Å². The molecule has 0 spiro atoms. The molecule has 2 fully saturated rings. The molecule has 0 unspecified atom stereocenters. The van der Waals surface area contributed by atoms with Gasteiger partial charge in [0.25, 0.3) is 0 Å². The molecule has 1 aromatic heterocycles. The zero-order valence-electron chi connectivity index (χ0n) is 12.6. The third-order valence-corrected chi connectivity index (χ3v) is 4.53. The average molecular weight is 291 g/mol. The van der Waals surface area contributed by atoms with Gasteiger partial charge in [-0.25, -0.2) is 0 Å². The summed E-state index contributed by atoms with van der Waals surface area (Å²) in [5, 5.41) is 7.28. The fourth-order valence-corrected chi connectivity index (χ4v) is 3.38. The molecule has 1 atom stereocenters. The third kappa shape index (κ3) is 4.30. The van der Waals surface area contributed by atoms with Crippen LogP contribution in [0.15, 0.2) is 12.4 Å². The molecule has 0 radical (unpaired) electrons. The predicted molar refractivity (Wildman–Crippen MR) is 81.0 cm³/mol. The summed E-state index contributed by atoms with van der Waals surface area (Å²) >= 11 is 0. The normalized spacial score (nSPS) is 23.3. The Morgan fingerprint density at radius 1 is 1.29 bits per heavy atom. The van der Waals surface area contributed by atoms with E-state index in [1.54, 1.807) is 6.20 Å². The molecule has 1 saturated heterocycles. The highest BCUT2D eigenvalue weighted by atomic mass is 16.5. The topological polar surface area (TPSA) is 56.2 Å². The van der Waals surface area contributed by atoms with Crippen molar-refractivity contribution in [3.63, 3.8) is 0 Å². The molecular weight excluding hydrogens is 266 g/mol. The highest BCUT2D eigenvalue weighted by Gasteiger charge is 2.19. The minimum Gasteiger partial charge on any atom is -0.376 e. The molecule has 1 aliphatic carbocycles. The van der Waals surface area contributed by atoms with Gasteiger partial charge in [-0.2, -0.15) is 5.10 Å². The highest BCUT2D eigenvalue weighted by molar-refractivity contribution is 5.90. The van der Waals surface area contributed by atoms with E-state index in [1.807, 2.05) is 10.9 Å². The number of ether oxygens (including phenoxy) is 1. The Morgan fingerprint density at radius 2 is 2.10 bits per heavy atom. The molecule has 1 aromatic rings. The van der Waals surface area contributed by atoms with E-state index in [0.717, 1.165) is 31.7 Å². The first kappa shape index (κ1) is 14.6. The summed E-state index contributed by atoms with van der Waals surface area (Å²) in [4.78, 5) is 12.0. The molecule has 21 heavy (non-hydrogen) atoms. The van der Waals surface area contributed by atoms with Gasteiger partial charge in [-0.15, -0.1) is 0 Å². The van der Waals surface area contributed by atoms with Gasteiger partial charge in [0.05, 0.1) is 24.5 Å².